The molecule has 94 valence electrons. The number of aromatic nitrogens is 1. The quantitative estimate of drug-likeness (QED) is 0.895. The van der Waals surface area contributed by atoms with Gasteiger partial charge in [0.15, 0.2) is 11.5 Å². The molecule has 2 aromatic rings. The maximum absolute atomic E-state index is 5.53. The van der Waals surface area contributed by atoms with Crippen molar-refractivity contribution in [1.82, 2.24) is 10.3 Å². The molecule has 0 saturated heterocycles. The van der Waals surface area contributed by atoms with Gasteiger partial charge in [0.05, 0.1) is 5.69 Å². The Labute approximate surface area is 105 Å². The van der Waals surface area contributed by atoms with Crippen LogP contribution in [0, 0.1) is 0 Å². The van der Waals surface area contributed by atoms with E-state index in [-0.39, 0.29) is 0 Å². The zero-order chi connectivity index (χ0) is 12.4. The highest BCUT2D eigenvalue weighted by atomic mass is 16.6. The maximum atomic E-state index is 5.53. The predicted octanol–water partition coefficient (Wildman–Crippen LogP) is 1.83. The predicted molar refractivity (Wildman–Crippen MR) is 65.7 cm³/mol. The number of rotatable bonds is 3. The summed E-state index contributed by atoms with van der Waals surface area (Å²) >= 11 is 0. The third-order valence-electron chi connectivity index (χ3n) is 2.70. The fraction of sp³-hybridized carbons (Fsp3) is 0.308. The van der Waals surface area contributed by atoms with E-state index in [1.54, 1.807) is 6.26 Å². The van der Waals surface area contributed by atoms with Gasteiger partial charge in [0.2, 0.25) is 5.89 Å². The lowest BCUT2D eigenvalue weighted by atomic mass is 10.2. The summed E-state index contributed by atoms with van der Waals surface area (Å²) in [5.74, 6) is 2.11. The van der Waals surface area contributed by atoms with Gasteiger partial charge in [0, 0.05) is 12.1 Å². The van der Waals surface area contributed by atoms with Crippen LogP contribution >= 0.6 is 0 Å². The van der Waals surface area contributed by atoms with Gasteiger partial charge >= 0.3 is 0 Å². The molecule has 1 aliphatic heterocycles. The lowest BCUT2D eigenvalue weighted by Crippen LogP contribution is -2.15. The van der Waals surface area contributed by atoms with Crippen LogP contribution in [0.1, 0.15) is 5.69 Å². The summed E-state index contributed by atoms with van der Waals surface area (Å²) in [4.78, 5) is 4.39. The van der Waals surface area contributed by atoms with Crippen molar-refractivity contribution < 1.29 is 13.9 Å². The normalized spacial score (nSPS) is 13.6. The van der Waals surface area contributed by atoms with Crippen LogP contribution in [0.2, 0.25) is 0 Å². The third kappa shape index (κ3) is 2.04. The highest BCUT2D eigenvalue weighted by Crippen LogP contribution is 2.34. The Morgan fingerprint density at radius 2 is 2.06 bits per heavy atom. The zero-order valence-electron chi connectivity index (χ0n) is 10.1. The molecule has 0 fully saturated rings. The molecule has 5 nitrogen and oxygen atoms in total. The van der Waals surface area contributed by atoms with Crippen molar-refractivity contribution >= 4 is 0 Å². The van der Waals surface area contributed by atoms with Crippen LogP contribution in [-0.4, -0.2) is 25.2 Å². The topological polar surface area (TPSA) is 56.5 Å². The standard InChI is InChI=1S/C13H14N2O3/c1-14-7-10-8-18-13(15-10)9-2-3-11-12(6-9)17-5-4-16-11/h2-3,6,8,14H,4-5,7H2,1H3. The van der Waals surface area contributed by atoms with Crippen LogP contribution < -0.4 is 14.8 Å². The van der Waals surface area contributed by atoms with Crippen LogP contribution in [0.3, 0.4) is 0 Å². The monoisotopic (exact) mass is 246 g/mol. The summed E-state index contributed by atoms with van der Waals surface area (Å²) in [5.41, 5.74) is 1.77. The highest BCUT2D eigenvalue weighted by Gasteiger charge is 2.14. The smallest absolute Gasteiger partial charge is 0.226 e. The minimum atomic E-state index is 0.576. The van der Waals surface area contributed by atoms with Gasteiger partial charge in [-0.2, -0.15) is 0 Å². The first-order valence-electron chi connectivity index (χ1n) is 5.86. The Morgan fingerprint density at radius 1 is 1.22 bits per heavy atom. The lowest BCUT2D eigenvalue weighted by molar-refractivity contribution is 0.171. The van der Waals surface area contributed by atoms with Crippen LogP contribution in [0.25, 0.3) is 11.5 Å². The average Bonchev–Trinajstić information content (AvgIpc) is 2.87. The van der Waals surface area contributed by atoms with E-state index in [0.717, 1.165) is 22.8 Å². The minimum absolute atomic E-state index is 0.576. The molecule has 18 heavy (non-hydrogen) atoms. The highest BCUT2D eigenvalue weighted by molar-refractivity contribution is 5.60. The summed E-state index contributed by atoms with van der Waals surface area (Å²) in [6.07, 6.45) is 1.66. The molecule has 0 spiro atoms. The molecule has 1 N–H and O–H groups in total. The van der Waals surface area contributed by atoms with Gasteiger partial charge in [-0.15, -0.1) is 0 Å². The molecule has 1 aromatic carbocycles. The Bertz CT molecular complexity index is 551. The van der Waals surface area contributed by atoms with Gasteiger partial charge in [-0.1, -0.05) is 0 Å². The summed E-state index contributed by atoms with van der Waals surface area (Å²) in [7, 11) is 1.87. The molecular formula is C13H14N2O3. The number of oxazole rings is 1. The summed E-state index contributed by atoms with van der Waals surface area (Å²) < 4.78 is 16.5. The fourth-order valence-corrected chi connectivity index (χ4v) is 1.88. The van der Waals surface area contributed by atoms with E-state index in [9.17, 15) is 0 Å². The number of ether oxygens (including phenoxy) is 2. The van der Waals surface area contributed by atoms with E-state index in [2.05, 4.69) is 10.3 Å². The molecule has 0 atom stereocenters. The number of nitrogens with zero attached hydrogens (tertiary/aromatic N) is 1. The van der Waals surface area contributed by atoms with Gasteiger partial charge in [-0.3, -0.25) is 0 Å². The van der Waals surface area contributed by atoms with Crippen molar-refractivity contribution in [3.05, 3.63) is 30.2 Å². The lowest BCUT2D eigenvalue weighted by Gasteiger charge is -2.18. The molecule has 1 aliphatic rings. The van der Waals surface area contributed by atoms with Crippen LogP contribution in [0.4, 0.5) is 0 Å². The number of hydrogen-bond donors (Lipinski definition) is 1. The fourth-order valence-electron chi connectivity index (χ4n) is 1.88. The molecular weight excluding hydrogens is 232 g/mol. The first-order valence-corrected chi connectivity index (χ1v) is 5.86. The molecule has 0 amide bonds. The number of nitrogens with one attached hydrogen (secondary N) is 1. The molecule has 3 rings (SSSR count). The number of hydrogen-bond acceptors (Lipinski definition) is 5. The minimum Gasteiger partial charge on any atom is -0.486 e. The van der Waals surface area contributed by atoms with Crippen LogP contribution in [0.15, 0.2) is 28.9 Å². The molecule has 0 radical (unpaired) electrons. The van der Waals surface area contributed by atoms with Gasteiger partial charge in [-0.05, 0) is 25.2 Å². The zero-order valence-corrected chi connectivity index (χ0v) is 10.1. The summed E-state index contributed by atoms with van der Waals surface area (Å²) in [6.45, 7) is 1.86. The SMILES string of the molecule is CNCc1coc(-c2ccc3c(c2)OCCO3)n1. The van der Waals surface area contributed by atoms with Crippen molar-refractivity contribution in [2.75, 3.05) is 20.3 Å². The number of fused-ring (bicyclic) bond motifs is 1. The second-order valence-electron chi connectivity index (χ2n) is 4.03. The molecule has 5 heteroatoms. The van der Waals surface area contributed by atoms with E-state index >= 15 is 0 Å². The molecule has 0 saturated carbocycles. The van der Waals surface area contributed by atoms with Crippen LogP contribution in [0.5, 0.6) is 11.5 Å². The second kappa shape index (κ2) is 4.70. The maximum Gasteiger partial charge on any atom is 0.226 e. The largest absolute Gasteiger partial charge is 0.486 e. The van der Waals surface area contributed by atoms with Crippen molar-refractivity contribution in [3.63, 3.8) is 0 Å². The Balaban J connectivity index is 1.91. The number of benzene rings is 1. The van der Waals surface area contributed by atoms with E-state index in [0.29, 0.717) is 25.6 Å². The summed E-state index contributed by atoms with van der Waals surface area (Å²) in [6, 6.07) is 5.69. The molecule has 2 heterocycles. The van der Waals surface area contributed by atoms with E-state index in [1.807, 2.05) is 25.2 Å². The van der Waals surface area contributed by atoms with Crippen molar-refractivity contribution in [2.45, 2.75) is 6.54 Å². The van der Waals surface area contributed by atoms with Gasteiger partial charge in [0.1, 0.15) is 19.5 Å². The van der Waals surface area contributed by atoms with Crippen molar-refractivity contribution in [1.29, 1.82) is 0 Å². The van der Waals surface area contributed by atoms with Crippen molar-refractivity contribution in [2.24, 2.45) is 0 Å². The van der Waals surface area contributed by atoms with E-state index < -0.39 is 0 Å². The molecule has 0 aliphatic carbocycles. The van der Waals surface area contributed by atoms with Crippen molar-refractivity contribution in [3.8, 4) is 23.0 Å². The van der Waals surface area contributed by atoms with E-state index in [4.69, 9.17) is 13.9 Å². The molecule has 1 aromatic heterocycles. The van der Waals surface area contributed by atoms with Gasteiger partial charge in [0.25, 0.3) is 0 Å². The second-order valence-corrected chi connectivity index (χ2v) is 4.03. The van der Waals surface area contributed by atoms with Gasteiger partial charge in [-0.25, -0.2) is 4.98 Å². The van der Waals surface area contributed by atoms with Crippen LogP contribution in [-0.2, 0) is 6.54 Å². The first kappa shape index (κ1) is 11.1. The molecule has 0 bridgehead atoms. The third-order valence-corrected chi connectivity index (χ3v) is 2.70. The Hall–Kier alpha value is -2.01. The van der Waals surface area contributed by atoms with E-state index in [1.165, 1.54) is 0 Å². The Morgan fingerprint density at radius 3 is 2.89 bits per heavy atom. The Kier molecular flexibility index (Phi) is 2.90. The summed E-state index contributed by atoms with van der Waals surface area (Å²) in [5, 5.41) is 3.03. The van der Waals surface area contributed by atoms with Gasteiger partial charge < -0.3 is 19.2 Å². The first-order chi connectivity index (χ1) is 8.86. The molecule has 0 unspecified atom stereocenters. The average molecular weight is 246 g/mol.